The molecule has 8 fully saturated rings. The largest absolute Gasteiger partial charge is 0.469 e. The molecule has 4 saturated heterocycles. The van der Waals surface area contributed by atoms with E-state index in [-0.39, 0.29) is 24.7 Å². The van der Waals surface area contributed by atoms with Gasteiger partial charge in [0.1, 0.15) is 11.5 Å². The van der Waals surface area contributed by atoms with Gasteiger partial charge in [-0.3, -0.25) is 14.4 Å². The first kappa shape index (κ1) is 34.2. The Bertz CT molecular complexity index is 1340. The van der Waals surface area contributed by atoms with E-state index in [1.54, 1.807) is 0 Å². The molecule has 48 heavy (non-hydrogen) atoms. The highest BCUT2D eigenvalue weighted by molar-refractivity contribution is 5.94. The number of hydrogen-bond acceptors (Lipinski definition) is 11. The zero-order valence-corrected chi connectivity index (χ0v) is 29.0. The lowest BCUT2D eigenvalue weighted by Gasteiger charge is -2.70. The van der Waals surface area contributed by atoms with E-state index < -0.39 is 76.1 Å². The van der Waals surface area contributed by atoms with Gasteiger partial charge < -0.3 is 37.9 Å². The second-order valence-electron chi connectivity index (χ2n) is 14.8. The number of unbranched alkanes of at least 4 members (excludes halogenated alkanes) is 3. The van der Waals surface area contributed by atoms with E-state index in [1.165, 1.54) is 14.2 Å². The van der Waals surface area contributed by atoms with Crippen molar-refractivity contribution in [2.45, 2.75) is 115 Å². The molecule has 4 aliphatic carbocycles. The molecule has 4 aliphatic heterocycles. The van der Waals surface area contributed by atoms with Gasteiger partial charge in [0, 0.05) is 31.3 Å². The first-order valence-electron chi connectivity index (χ1n) is 18.1. The minimum absolute atomic E-state index is 0.0513. The Kier molecular flexibility index (Phi) is 8.88. The third-order valence-electron chi connectivity index (χ3n) is 13.1. The summed E-state index contributed by atoms with van der Waals surface area (Å²) in [5.41, 5.74) is -4.01. The first-order valence-corrected chi connectivity index (χ1v) is 18.1. The van der Waals surface area contributed by atoms with Gasteiger partial charge in [0.2, 0.25) is 5.79 Å². The molecule has 0 aromatic carbocycles. The van der Waals surface area contributed by atoms with Crippen molar-refractivity contribution in [1.82, 2.24) is 0 Å². The van der Waals surface area contributed by atoms with Gasteiger partial charge >= 0.3 is 17.9 Å². The molecule has 8 unspecified atom stereocenters. The lowest BCUT2D eigenvalue weighted by molar-refractivity contribution is -0.452. The minimum Gasteiger partial charge on any atom is -0.469 e. The molecular formula is C37H52O11. The number of allylic oxidation sites excluding steroid dienone is 4. The molecule has 0 aromatic heterocycles. The van der Waals surface area contributed by atoms with Crippen LogP contribution in [-0.4, -0.2) is 81.5 Å². The number of hydrogen-bond donors (Lipinski definition) is 0. The zero-order valence-electron chi connectivity index (χ0n) is 29.0. The van der Waals surface area contributed by atoms with Gasteiger partial charge in [-0.05, 0) is 71.1 Å². The van der Waals surface area contributed by atoms with E-state index in [4.69, 9.17) is 37.9 Å². The number of ether oxygens (including phenoxy) is 8. The summed E-state index contributed by atoms with van der Waals surface area (Å²) in [7, 11) is 2.71. The van der Waals surface area contributed by atoms with Crippen LogP contribution in [0.4, 0.5) is 0 Å². The average molecular weight is 673 g/mol. The maximum absolute atomic E-state index is 14.6. The molecule has 0 radical (unpaired) electrons. The molecule has 6 bridgehead atoms. The molecule has 8 aliphatic rings. The Labute approximate surface area is 283 Å². The Balaban J connectivity index is 1.41. The molecule has 0 N–H and O–H groups in total. The number of rotatable bonds is 14. The van der Waals surface area contributed by atoms with Crippen LogP contribution in [0.2, 0.25) is 0 Å². The van der Waals surface area contributed by atoms with Crippen molar-refractivity contribution in [2.75, 3.05) is 34.0 Å². The predicted molar refractivity (Wildman–Crippen MR) is 170 cm³/mol. The summed E-state index contributed by atoms with van der Waals surface area (Å²) < 4.78 is 51.0. The van der Waals surface area contributed by atoms with Crippen molar-refractivity contribution in [3.8, 4) is 0 Å². The third-order valence-corrected chi connectivity index (χ3v) is 13.1. The van der Waals surface area contributed by atoms with Gasteiger partial charge in [-0.2, -0.15) is 0 Å². The summed E-state index contributed by atoms with van der Waals surface area (Å²) in [5.74, 6) is -6.74. The Morgan fingerprint density at radius 3 is 2.42 bits per heavy atom. The second kappa shape index (κ2) is 12.5. The second-order valence-corrected chi connectivity index (χ2v) is 14.8. The van der Waals surface area contributed by atoms with Gasteiger partial charge in [-0.15, -0.1) is 0 Å². The van der Waals surface area contributed by atoms with Crippen LogP contribution < -0.4 is 0 Å². The fourth-order valence-electron chi connectivity index (χ4n) is 11.8. The lowest BCUT2D eigenvalue weighted by Crippen LogP contribution is -2.82. The predicted octanol–water partition coefficient (Wildman–Crippen LogP) is 5.01. The van der Waals surface area contributed by atoms with E-state index in [0.29, 0.717) is 39.1 Å². The molecule has 4 saturated carbocycles. The van der Waals surface area contributed by atoms with E-state index in [2.05, 4.69) is 18.2 Å². The fraction of sp³-hybridized carbons (Fsp3) is 0.811. The Morgan fingerprint density at radius 2 is 1.73 bits per heavy atom. The number of methoxy groups -OCH3 is 2. The smallest absolute Gasteiger partial charge is 0.318 e. The van der Waals surface area contributed by atoms with Crippen molar-refractivity contribution in [3.63, 3.8) is 0 Å². The highest BCUT2D eigenvalue weighted by Gasteiger charge is 3.00. The summed E-state index contributed by atoms with van der Waals surface area (Å²) >= 11 is 0. The summed E-state index contributed by atoms with van der Waals surface area (Å²) in [6, 6.07) is 0. The third kappa shape index (κ3) is 4.20. The summed E-state index contributed by atoms with van der Waals surface area (Å²) in [5, 5.41) is 0. The van der Waals surface area contributed by atoms with Crippen LogP contribution in [-0.2, 0) is 52.3 Å². The van der Waals surface area contributed by atoms with Crippen molar-refractivity contribution < 1.29 is 52.3 Å². The SMILES string of the molecule is C/C=C/CCCCCC1C2C[C@H](C3(CC/C=C/C)OCCO3)O[C@@]34OC(=O)[C@@]56CC(OCC)OC53C1C(C(=O)OC)(C6)C(C(=O)OC)C24. The van der Waals surface area contributed by atoms with Crippen molar-refractivity contribution in [1.29, 1.82) is 0 Å². The summed E-state index contributed by atoms with van der Waals surface area (Å²) in [6.07, 6.45) is 13.8. The molecule has 4 heterocycles. The molecule has 0 aromatic rings. The number of carbonyl (C=O) groups is 3. The topological polar surface area (TPSA) is 125 Å². The van der Waals surface area contributed by atoms with E-state index >= 15 is 0 Å². The molecule has 266 valence electrons. The van der Waals surface area contributed by atoms with Gasteiger partial charge in [0.05, 0.1) is 38.8 Å². The van der Waals surface area contributed by atoms with E-state index in [9.17, 15) is 14.4 Å². The number of esters is 3. The summed E-state index contributed by atoms with van der Waals surface area (Å²) in [4.78, 5) is 43.1. The standard InChI is InChI=1S/C37H52O11/c1-6-9-11-12-13-14-16-23-24-20-25(35(17-15-10-7-2)44-18-19-45-35)46-37-27(24)28(30(38)41-4)34(32(40)42-5)22-33(31(39)48-37)21-26(43-8-3)47-36(33,37)29(23)34/h6-7,9-10,23-29H,8,11-22H2,1-5H3/b9-6+,10-7+/t23?,24?,25-,26?,27?,28?,29?,33+,34?,36?,37+/m1/s1. The van der Waals surface area contributed by atoms with Crippen LogP contribution in [0.25, 0.3) is 0 Å². The van der Waals surface area contributed by atoms with Crippen LogP contribution in [0.3, 0.4) is 0 Å². The van der Waals surface area contributed by atoms with Crippen LogP contribution >= 0.6 is 0 Å². The molecule has 8 rings (SSSR count). The monoisotopic (exact) mass is 672 g/mol. The van der Waals surface area contributed by atoms with Gasteiger partial charge in [-0.1, -0.05) is 37.1 Å². The highest BCUT2D eigenvalue weighted by atomic mass is 16.8. The lowest BCUT2D eigenvalue weighted by atomic mass is 9.38. The Hall–Kier alpha value is -2.31. The van der Waals surface area contributed by atoms with Gasteiger partial charge in [0.25, 0.3) is 0 Å². The zero-order chi connectivity index (χ0) is 34.0. The van der Waals surface area contributed by atoms with Gasteiger partial charge in [-0.25, -0.2) is 0 Å². The van der Waals surface area contributed by atoms with E-state index in [0.717, 1.165) is 32.1 Å². The van der Waals surface area contributed by atoms with Crippen LogP contribution in [0, 0.1) is 40.4 Å². The molecule has 11 nitrogen and oxygen atoms in total. The molecule has 11 heteroatoms. The maximum atomic E-state index is 14.6. The normalized spacial score (nSPS) is 44.4. The van der Waals surface area contributed by atoms with Crippen LogP contribution in [0.5, 0.6) is 0 Å². The van der Waals surface area contributed by atoms with Crippen molar-refractivity contribution in [3.05, 3.63) is 24.3 Å². The molecular weight excluding hydrogens is 620 g/mol. The van der Waals surface area contributed by atoms with Crippen LogP contribution in [0.15, 0.2) is 24.3 Å². The van der Waals surface area contributed by atoms with Crippen LogP contribution in [0.1, 0.15) is 85.0 Å². The first-order chi connectivity index (χ1) is 23.2. The Morgan fingerprint density at radius 1 is 0.979 bits per heavy atom. The highest BCUT2D eigenvalue weighted by Crippen LogP contribution is 2.87. The fourth-order valence-corrected chi connectivity index (χ4v) is 11.8. The number of carbonyl (C=O) groups excluding carboxylic acids is 3. The maximum Gasteiger partial charge on any atom is 0.318 e. The average Bonchev–Trinajstić information content (AvgIpc) is 3.78. The van der Waals surface area contributed by atoms with Crippen molar-refractivity contribution >= 4 is 17.9 Å². The van der Waals surface area contributed by atoms with Gasteiger partial charge in [0.15, 0.2) is 17.7 Å². The van der Waals surface area contributed by atoms with E-state index in [1.807, 2.05) is 26.8 Å². The summed E-state index contributed by atoms with van der Waals surface area (Å²) in [6.45, 7) is 7.13. The molecule has 0 amide bonds. The molecule has 2 spiro atoms. The molecule has 11 atom stereocenters. The quantitative estimate of drug-likeness (QED) is 0.107. The van der Waals surface area contributed by atoms with Crippen molar-refractivity contribution in [2.24, 2.45) is 40.4 Å². The minimum atomic E-state index is -1.67.